The Morgan fingerprint density at radius 1 is 1.42 bits per heavy atom. The van der Waals surface area contributed by atoms with Crippen molar-refractivity contribution in [2.75, 3.05) is 0 Å². The number of rotatable bonds is 0. The third-order valence-electron chi connectivity index (χ3n) is 5.89. The Morgan fingerprint density at radius 3 is 2.89 bits per heavy atom. The second-order valence-corrected chi connectivity index (χ2v) is 6.76. The van der Waals surface area contributed by atoms with Gasteiger partial charge in [0.15, 0.2) is 17.2 Å². The molecule has 3 nitrogen and oxygen atoms in total. The number of carbonyl (C=O) groups excluding carboxylic acids is 2. The van der Waals surface area contributed by atoms with E-state index in [1.807, 2.05) is 6.92 Å². The van der Waals surface area contributed by atoms with Crippen molar-refractivity contribution >= 4 is 11.6 Å². The third-order valence-corrected chi connectivity index (χ3v) is 5.89. The predicted molar refractivity (Wildman–Crippen MR) is 69.5 cm³/mol. The Hall–Kier alpha value is -1.22. The maximum Gasteiger partial charge on any atom is 0.191 e. The predicted octanol–water partition coefficient (Wildman–Crippen LogP) is 2.21. The fourth-order valence-electron chi connectivity index (χ4n) is 4.91. The lowest BCUT2D eigenvalue weighted by molar-refractivity contribution is -0.121. The second kappa shape index (κ2) is 3.09. The summed E-state index contributed by atoms with van der Waals surface area (Å²) in [5.41, 5.74) is 0.892. The first-order valence-electron chi connectivity index (χ1n) is 7.05. The van der Waals surface area contributed by atoms with Gasteiger partial charge >= 0.3 is 0 Å². The van der Waals surface area contributed by atoms with Crippen LogP contribution in [0.3, 0.4) is 0 Å². The normalized spacial score (nSPS) is 51.4. The molecule has 5 atom stereocenters. The molecule has 3 aliphatic carbocycles. The van der Waals surface area contributed by atoms with Crippen molar-refractivity contribution in [2.45, 2.75) is 44.3 Å². The summed E-state index contributed by atoms with van der Waals surface area (Å²) in [6.45, 7) is 8.04. The molecule has 0 unspecified atom stereocenters. The number of fused-ring (bicyclic) bond motifs is 2. The molecule has 0 aromatic heterocycles. The number of Topliss-reactive ketones (excluding diaryl/α,β-unsaturated/α-hetero) is 1. The summed E-state index contributed by atoms with van der Waals surface area (Å²) in [5, 5.41) is 0. The molecule has 1 spiro atoms. The monoisotopic (exact) mass is 258 g/mol. The maximum atomic E-state index is 12.4. The molecule has 19 heavy (non-hydrogen) atoms. The number of ketones is 2. The molecule has 4 aliphatic rings. The molecular weight excluding hydrogens is 240 g/mol. The van der Waals surface area contributed by atoms with Crippen molar-refractivity contribution in [2.24, 2.45) is 17.8 Å². The molecule has 1 saturated heterocycles. The van der Waals surface area contributed by atoms with Gasteiger partial charge in [-0.05, 0) is 50.2 Å². The Kier molecular flexibility index (Phi) is 1.88. The van der Waals surface area contributed by atoms with Crippen LogP contribution in [0, 0.1) is 17.8 Å². The van der Waals surface area contributed by atoms with Crippen LogP contribution in [-0.2, 0) is 14.3 Å². The smallest absolute Gasteiger partial charge is 0.191 e. The molecular formula is C16H18O3. The van der Waals surface area contributed by atoms with E-state index in [0.717, 1.165) is 24.0 Å². The summed E-state index contributed by atoms with van der Waals surface area (Å²) >= 11 is 0. The summed E-state index contributed by atoms with van der Waals surface area (Å²) in [6.07, 6.45) is 4.05. The molecule has 0 aromatic rings. The van der Waals surface area contributed by atoms with Crippen LogP contribution in [0.1, 0.15) is 33.1 Å². The molecule has 1 aliphatic heterocycles. The number of hydrogen-bond acceptors (Lipinski definition) is 3. The molecule has 0 amide bonds. The van der Waals surface area contributed by atoms with E-state index < -0.39 is 5.60 Å². The number of allylic oxidation sites excluding steroid dienone is 1. The third kappa shape index (κ3) is 1.10. The van der Waals surface area contributed by atoms with E-state index >= 15 is 0 Å². The highest BCUT2D eigenvalue weighted by Gasteiger charge is 2.78. The Morgan fingerprint density at radius 2 is 2.16 bits per heavy atom. The first-order valence-corrected chi connectivity index (χ1v) is 7.05. The van der Waals surface area contributed by atoms with Crippen LogP contribution >= 0.6 is 0 Å². The van der Waals surface area contributed by atoms with E-state index in [9.17, 15) is 9.59 Å². The van der Waals surface area contributed by atoms with Gasteiger partial charge in [0, 0.05) is 12.3 Å². The van der Waals surface area contributed by atoms with Gasteiger partial charge in [0.05, 0.1) is 0 Å². The van der Waals surface area contributed by atoms with Crippen molar-refractivity contribution in [3.63, 3.8) is 0 Å². The minimum absolute atomic E-state index is 0.0840. The second-order valence-electron chi connectivity index (χ2n) is 6.76. The highest BCUT2D eigenvalue weighted by atomic mass is 16.6. The lowest BCUT2D eigenvalue weighted by atomic mass is 9.73. The van der Waals surface area contributed by atoms with Gasteiger partial charge in [-0.1, -0.05) is 12.2 Å². The van der Waals surface area contributed by atoms with Gasteiger partial charge in [0.25, 0.3) is 0 Å². The van der Waals surface area contributed by atoms with E-state index in [1.54, 1.807) is 6.08 Å². The van der Waals surface area contributed by atoms with Crippen LogP contribution in [0.5, 0.6) is 0 Å². The standard InChI is InChI=1S/C16H18O3/c1-8-6-13(18)16-14(8)11-7-12(17)9(2)10(11)4-5-15(16,3)19-16/h6,10-11,14H,2,4-5,7H2,1,3H3/t10-,11-,14+,15-,16+/m0/s1. The molecule has 0 aromatic carbocycles. The minimum Gasteiger partial charge on any atom is -0.353 e. The number of hydrogen-bond donors (Lipinski definition) is 0. The number of epoxide rings is 1. The van der Waals surface area contributed by atoms with Gasteiger partial charge in [-0.15, -0.1) is 0 Å². The largest absolute Gasteiger partial charge is 0.353 e. The molecule has 100 valence electrons. The molecule has 3 fully saturated rings. The van der Waals surface area contributed by atoms with Crippen LogP contribution in [-0.4, -0.2) is 22.8 Å². The topological polar surface area (TPSA) is 46.7 Å². The van der Waals surface area contributed by atoms with Crippen LogP contribution in [0.25, 0.3) is 0 Å². The molecule has 2 saturated carbocycles. The Balaban J connectivity index is 1.85. The summed E-state index contributed by atoms with van der Waals surface area (Å²) in [7, 11) is 0. The highest BCUT2D eigenvalue weighted by Crippen LogP contribution is 2.67. The van der Waals surface area contributed by atoms with E-state index in [1.165, 1.54) is 0 Å². The molecule has 1 heterocycles. The molecule has 4 rings (SSSR count). The average molecular weight is 258 g/mol. The fourth-order valence-corrected chi connectivity index (χ4v) is 4.91. The van der Waals surface area contributed by atoms with Crippen LogP contribution < -0.4 is 0 Å². The summed E-state index contributed by atoms with van der Waals surface area (Å²) in [5.74, 6) is 0.842. The molecule has 0 radical (unpaired) electrons. The summed E-state index contributed by atoms with van der Waals surface area (Å²) in [6, 6.07) is 0. The SMILES string of the molecule is C=C1C(=O)C[C@@H]2[C@H]3C(C)=CC(=O)[C@@]34O[C@@]4(C)CC[C@@H]12. The van der Waals surface area contributed by atoms with E-state index in [4.69, 9.17) is 4.74 Å². The number of carbonyl (C=O) groups is 2. The summed E-state index contributed by atoms with van der Waals surface area (Å²) in [4.78, 5) is 24.4. The molecule has 0 N–H and O–H groups in total. The van der Waals surface area contributed by atoms with Gasteiger partial charge in [-0.2, -0.15) is 0 Å². The summed E-state index contributed by atoms with van der Waals surface area (Å²) < 4.78 is 5.98. The molecule has 3 heteroatoms. The van der Waals surface area contributed by atoms with E-state index in [-0.39, 0.29) is 34.9 Å². The highest BCUT2D eigenvalue weighted by molar-refractivity contribution is 6.05. The van der Waals surface area contributed by atoms with Gasteiger partial charge in [-0.3, -0.25) is 9.59 Å². The average Bonchev–Trinajstić information content (AvgIpc) is 2.77. The van der Waals surface area contributed by atoms with Crippen molar-refractivity contribution in [3.8, 4) is 0 Å². The zero-order valence-electron chi connectivity index (χ0n) is 11.4. The quantitative estimate of drug-likeness (QED) is 0.494. The van der Waals surface area contributed by atoms with Gasteiger partial charge in [-0.25, -0.2) is 0 Å². The fraction of sp³-hybridized carbons (Fsp3) is 0.625. The zero-order valence-corrected chi connectivity index (χ0v) is 11.4. The maximum absolute atomic E-state index is 12.4. The van der Waals surface area contributed by atoms with Crippen molar-refractivity contribution in [1.29, 1.82) is 0 Å². The Bertz CT molecular complexity index is 573. The lowest BCUT2D eigenvalue weighted by Gasteiger charge is -2.27. The Labute approximate surface area is 112 Å². The number of ether oxygens (including phenoxy) is 1. The van der Waals surface area contributed by atoms with Crippen molar-refractivity contribution < 1.29 is 14.3 Å². The van der Waals surface area contributed by atoms with Crippen LogP contribution in [0.15, 0.2) is 23.8 Å². The minimum atomic E-state index is -0.651. The van der Waals surface area contributed by atoms with Gasteiger partial charge in [0.2, 0.25) is 0 Å². The zero-order chi connectivity index (χ0) is 13.6. The van der Waals surface area contributed by atoms with Gasteiger partial charge < -0.3 is 4.74 Å². The van der Waals surface area contributed by atoms with Crippen molar-refractivity contribution in [3.05, 3.63) is 23.8 Å². The first-order chi connectivity index (χ1) is 8.91. The van der Waals surface area contributed by atoms with Crippen molar-refractivity contribution in [1.82, 2.24) is 0 Å². The first kappa shape index (κ1) is 11.6. The van der Waals surface area contributed by atoms with E-state index in [0.29, 0.717) is 6.42 Å². The lowest BCUT2D eigenvalue weighted by Crippen LogP contribution is -2.38. The molecule has 0 bridgehead atoms. The van der Waals surface area contributed by atoms with Crippen LogP contribution in [0.4, 0.5) is 0 Å². The van der Waals surface area contributed by atoms with Gasteiger partial charge in [0.1, 0.15) is 5.60 Å². The van der Waals surface area contributed by atoms with Crippen LogP contribution in [0.2, 0.25) is 0 Å². The van der Waals surface area contributed by atoms with E-state index in [2.05, 4.69) is 13.5 Å².